The van der Waals surface area contributed by atoms with E-state index in [0.717, 1.165) is 16.2 Å². The quantitative estimate of drug-likeness (QED) is 0.594. The lowest BCUT2D eigenvalue weighted by molar-refractivity contribution is -0.168. The summed E-state index contributed by atoms with van der Waals surface area (Å²) in [5.41, 5.74) is 2.69. The van der Waals surface area contributed by atoms with E-state index in [2.05, 4.69) is 0 Å². The zero-order valence-electron chi connectivity index (χ0n) is 11.3. The molecule has 1 aromatic carbocycles. The Morgan fingerprint density at radius 1 is 1.22 bits per heavy atom. The highest BCUT2D eigenvalue weighted by Gasteiger charge is 2.14. The lowest BCUT2D eigenvalue weighted by Crippen LogP contribution is -2.25. The van der Waals surface area contributed by atoms with Crippen LogP contribution >= 0.6 is 0 Å². The van der Waals surface area contributed by atoms with Crippen LogP contribution in [0.5, 0.6) is 0 Å². The third-order valence-electron chi connectivity index (χ3n) is 2.88. The number of nitrogens with zero attached hydrogens (tertiary/aromatic N) is 1. The molecule has 0 unspecified atom stereocenters. The summed E-state index contributed by atoms with van der Waals surface area (Å²) in [5, 5.41) is 1.14. The molecule has 18 heavy (non-hydrogen) atoms. The van der Waals surface area contributed by atoms with Crippen LogP contribution in [-0.4, -0.2) is 30.9 Å². The van der Waals surface area contributed by atoms with Gasteiger partial charge in [-0.1, -0.05) is 17.7 Å². The fourth-order valence-electron chi connectivity index (χ4n) is 1.65. The van der Waals surface area contributed by atoms with E-state index in [1.54, 1.807) is 0 Å². The molecule has 0 aliphatic heterocycles. The van der Waals surface area contributed by atoms with Crippen LogP contribution < -0.4 is 0 Å². The Kier molecular flexibility index (Phi) is 5.04. The molecule has 0 aromatic heterocycles. The smallest absolute Gasteiger partial charge is 0.246 e. The van der Waals surface area contributed by atoms with Crippen LogP contribution in [0.1, 0.15) is 34.3 Å². The summed E-state index contributed by atoms with van der Waals surface area (Å²) >= 11 is 0. The summed E-state index contributed by atoms with van der Waals surface area (Å²) in [7, 11) is 2.95. The van der Waals surface area contributed by atoms with Crippen molar-refractivity contribution >= 4 is 11.7 Å². The molecule has 1 rings (SSSR count). The van der Waals surface area contributed by atoms with Gasteiger partial charge >= 0.3 is 0 Å². The summed E-state index contributed by atoms with van der Waals surface area (Å²) < 4.78 is 0. The fraction of sp³-hybridized carbons (Fsp3) is 0.429. The van der Waals surface area contributed by atoms with Crippen molar-refractivity contribution in [1.82, 2.24) is 5.06 Å². The van der Waals surface area contributed by atoms with Gasteiger partial charge in [0, 0.05) is 25.5 Å². The Balaban J connectivity index is 2.66. The highest BCUT2D eigenvalue weighted by molar-refractivity contribution is 5.99. The molecular weight excluding hydrogens is 230 g/mol. The Labute approximate surface area is 108 Å². The molecule has 0 aliphatic rings. The van der Waals surface area contributed by atoms with Crippen LogP contribution in [-0.2, 0) is 9.63 Å². The Bertz CT molecular complexity index is 454. The van der Waals surface area contributed by atoms with Crippen LogP contribution in [0.2, 0.25) is 0 Å². The first kappa shape index (κ1) is 14.4. The number of amides is 1. The summed E-state index contributed by atoms with van der Waals surface area (Å²) in [5.74, 6) is -0.204. The van der Waals surface area contributed by atoms with Gasteiger partial charge in [0.05, 0.1) is 7.11 Å². The lowest BCUT2D eigenvalue weighted by Gasteiger charge is -2.13. The molecule has 0 heterocycles. The number of hydrogen-bond acceptors (Lipinski definition) is 3. The summed E-state index contributed by atoms with van der Waals surface area (Å²) in [6.07, 6.45) is 0.368. The van der Waals surface area contributed by atoms with Crippen molar-refractivity contribution in [2.75, 3.05) is 14.2 Å². The molecule has 0 N–H and O–H groups in total. The number of rotatable bonds is 5. The van der Waals surface area contributed by atoms with E-state index in [4.69, 9.17) is 4.84 Å². The first-order valence-corrected chi connectivity index (χ1v) is 5.87. The largest absolute Gasteiger partial charge is 0.294 e. The third kappa shape index (κ3) is 3.67. The van der Waals surface area contributed by atoms with Crippen LogP contribution in [0, 0.1) is 13.8 Å². The molecule has 1 aromatic rings. The second-order valence-electron chi connectivity index (χ2n) is 4.32. The summed E-state index contributed by atoms with van der Waals surface area (Å²) in [6, 6.07) is 5.75. The van der Waals surface area contributed by atoms with Crippen LogP contribution in [0.3, 0.4) is 0 Å². The van der Waals surface area contributed by atoms with Gasteiger partial charge in [-0.15, -0.1) is 0 Å². The van der Waals surface area contributed by atoms with Crippen molar-refractivity contribution in [2.45, 2.75) is 26.7 Å². The minimum atomic E-state index is -0.198. The SMILES string of the molecule is CON(C)C(=O)CCC(=O)c1cc(C)ccc1C. The van der Waals surface area contributed by atoms with E-state index in [9.17, 15) is 9.59 Å². The third-order valence-corrected chi connectivity index (χ3v) is 2.88. The van der Waals surface area contributed by atoms with Gasteiger partial charge in [-0.3, -0.25) is 14.4 Å². The molecular formula is C14H19NO3. The second-order valence-corrected chi connectivity index (χ2v) is 4.32. The molecule has 0 bridgehead atoms. The Hall–Kier alpha value is -1.68. The van der Waals surface area contributed by atoms with Crippen molar-refractivity contribution in [3.8, 4) is 0 Å². The molecule has 4 nitrogen and oxygen atoms in total. The molecule has 0 aliphatic carbocycles. The zero-order valence-corrected chi connectivity index (χ0v) is 11.3. The summed E-state index contributed by atoms with van der Waals surface area (Å²) in [4.78, 5) is 28.3. The monoisotopic (exact) mass is 249 g/mol. The zero-order chi connectivity index (χ0) is 13.7. The first-order chi connectivity index (χ1) is 8.45. The number of ketones is 1. The van der Waals surface area contributed by atoms with Gasteiger partial charge in [0.25, 0.3) is 0 Å². The normalized spacial score (nSPS) is 10.2. The van der Waals surface area contributed by atoms with Gasteiger partial charge < -0.3 is 0 Å². The molecule has 0 saturated carbocycles. The molecule has 0 spiro atoms. The van der Waals surface area contributed by atoms with Crippen molar-refractivity contribution in [3.63, 3.8) is 0 Å². The van der Waals surface area contributed by atoms with Gasteiger partial charge in [-0.2, -0.15) is 0 Å². The molecule has 0 fully saturated rings. The van der Waals surface area contributed by atoms with Crippen molar-refractivity contribution in [3.05, 3.63) is 34.9 Å². The van der Waals surface area contributed by atoms with Crippen molar-refractivity contribution in [2.24, 2.45) is 0 Å². The molecule has 0 radical (unpaired) electrons. The van der Waals surface area contributed by atoms with Gasteiger partial charge in [-0.25, -0.2) is 5.06 Å². The number of aryl methyl sites for hydroxylation is 2. The van der Waals surface area contributed by atoms with Crippen LogP contribution in [0.25, 0.3) is 0 Å². The Morgan fingerprint density at radius 3 is 2.50 bits per heavy atom. The molecule has 0 saturated heterocycles. The number of hydrogen-bond donors (Lipinski definition) is 0. The summed E-state index contributed by atoms with van der Waals surface area (Å²) in [6.45, 7) is 3.84. The maximum absolute atomic E-state index is 12.0. The van der Waals surface area contributed by atoms with Gasteiger partial charge in [-0.05, 0) is 25.5 Å². The molecule has 4 heteroatoms. The van der Waals surface area contributed by atoms with Crippen molar-refractivity contribution in [1.29, 1.82) is 0 Å². The number of carbonyl (C=O) groups is 2. The van der Waals surface area contributed by atoms with E-state index < -0.39 is 0 Å². The Morgan fingerprint density at radius 2 is 1.89 bits per heavy atom. The average Bonchev–Trinajstić information content (AvgIpc) is 2.37. The van der Waals surface area contributed by atoms with Crippen LogP contribution in [0.4, 0.5) is 0 Å². The molecule has 98 valence electrons. The van der Waals surface area contributed by atoms with Gasteiger partial charge in [0.2, 0.25) is 5.91 Å². The number of hydroxylamine groups is 2. The highest BCUT2D eigenvalue weighted by Crippen LogP contribution is 2.14. The van der Waals surface area contributed by atoms with Crippen molar-refractivity contribution < 1.29 is 14.4 Å². The van der Waals surface area contributed by atoms with E-state index in [1.807, 2.05) is 32.0 Å². The van der Waals surface area contributed by atoms with E-state index in [1.165, 1.54) is 14.2 Å². The minimum absolute atomic E-state index is 0.00551. The van der Waals surface area contributed by atoms with Crippen LogP contribution in [0.15, 0.2) is 18.2 Å². The molecule has 1 amide bonds. The maximum atomic E-state index is 12.0. The van der Waals surface area contributed by atoms with E-state index in [-0.39, 0.29) is 24.5 Å². The first-order valence-electron chi connectivity index (χ1n) is 5.87. The number of Topliss-reactive ketones (excluding diaryl/α,β-unsaturated/α-hetero) is 1. The average molecular weight is 249 g/mol. The minimum Gasteiger partial charge on any atom is -0.294 e. The highest BCUT2D eigenvalue weighted by atomic mass is 16.7. The van der Waals surface area contributed by atoms with Gasteiger partial charge in [0.1, 0.15) is 0 Å². The maximum Gasteiger partial charge on any atom is 0.246 e. The number of benzene rings is 1. The topological polar surface area (TPSA) is 46.6 Å². The molecule has 0 atom stereocenters. The number of carbonyl (C=O) groups excluding carboxylic acids is 2. The lowest BCUT2D eigenvalue weighted by atomic mass is 9.99. The predicted octanol–water partition coefficient (Wildman–Crippen LogP) is 2.29. The standard InChI is InChI=1S/C14H19NO3/c1-10-5-6-11(2)12(9-10)13(16)7-8-14(17)15(3)18-4/h5-6,9H,7-8H2,1-4H3. The second kappa shape index (κ2) is 6.31. The van der Waals surface area contributed by atoms with E-state index in [0.29, 0.717) is 5.56 Å². The predicted molar refractivity (Wildman–Crippen MR) is 69.3 cm³/mol. The van der Waals surface area contributed by atoms with Gasteiger partial charge in [0.15, 0.2) is 5.78 Å². The van der Waals surface area contributed by atoms with E-state index >= 15 is 0 Å². The fourth-order valence-corrected chi connectivity index (χ4v) is 1.65.